The average molecular weight is 388 g/mol. The highest BCUT2D eigenvalue weighted by molar-refractivity contribution is 7.89. The molecule has 0 saturated carbocycles. The van der Waals surface area contributed by atoms with Gasteiger partial charge in [-0.2, -0.15) is 0 Å². The van der Waals surface area contributed by atoms with Crippen molar-refractivity contribution < 1.29 is 13.2 Å². The molecule has 0 bridgehead atoms. The zero-order chi connectivity index (χ0) is 19.3. The van der Waals surface area contributed by atoms with E-state index in [0.29, 0.717) is 5.56 Å². The fourth-order valence-corrected chi connectivity index (χ4v) is 4.48. The summed E-state index contributed by atoms with van der Waals surface area (Å²) in [6.07, 6.45) is 7.28. The van der Waals surface area contributed by atoms with Crippen LogP contribution in [0.2, 0.25) is 0 Å². The fraction of sp³-hybridized carbons (Fsp3) is 0.400. The molecule has 0 aliphatic carbocycles. The summed E-state index contributed by atoms with van der Waals surface area (Å²) >= 11 is 0. The van der Waals surface area contributed by atoms with Crippen molar-refractivity contribution >= 4 is 15.9 Å². The highest BCUT2D eigenvalue weighted by atomic mass is 32.2. The summed E-state index contributed by atoms with van der Waals surface area (Å²) in [5.41, 5.74) is 1.24. The maximum absolute atomic E-state index is 12.9. The molecular formula is C20H25N3O3S. The molecule has 1 aliphatic rings. The van der Waals surface area contributed by atoms with Crippen LogP contribution in [-0.4, -0.2) is 36.8 Å². The Morgan fingerprint density at radius 2 is 2.00 bits per heavy atom. The first-order valence-corrected chi connectivity index (χ1v) is 10.8. The number of likely N-dealkylation sites (tertiary alicyclic amines) is 1. The maximum atomic E-state index is 12.9. The third kappa shape index (κ3) is 4.73. The van der Waals surface area contributed by atoms with Crippen LogP contribution in [0.1, 0.15) is 48.5 Å². The Bertz CT molecular complexity index is 884. The zero-order valence-electron chi connectivity index (χ0n) is 15.5. The highest BCUT2D eigenvalue weighted by Gasteiger charge is 2.27. The van der Waals surface area contributed by atoms with Gasteiger partial charge in [0, 0.05) is 37.1 Å². The van der Waals surface area contributed by atoms with Crippen molar-refractivity contribution in [2.75, 3.05) is 6.54 Å². The molecule has 1 aliphatic heterocycles. The number of hydrogen-bond donors (Lipinski definition) is 1. The minimum Gasteiger partial charge on any atom is -0.336 e. The average Bonchev–Trinajstić information content (AvgIpc) is 2.72. The van der Waals surface area contributed by atoms with Crippen molar-refractivity contribution in [3.8, 4) is 0 Å². The van der Waals surface area contributed by atoms with Gasteiger partial charge in [-0.1, -0.05) is 13.0 Å². The number of pyridine rings is 1. The van der Waals surface area contributed by atoms with E-state index in [9.17, 15) is 13.2 Å². The summed E-state index contributed by atoms with van der Waals surface area (Å²) in [4.78, 5) is 18.8. The number of nitrogens with one attached hydrogen (secondary N) is 1. The molecule has 1 saturated heterocycles. The van der Waals surface area contributed by atoms with Gasteiger partial charge in [-0.3, -0.25) is 9.78 Å². The molecule has 1 N–H and O–H groups in total. The Balaban J connectivity index is 1.77. The van der Waals surface area contributed by atoms with E-state index in [1.807, 2.05) is 4.90 Å². The van der Waals surface area contributed by atoms with Gasteiger partial charge in [0.05, 0.1) is 4.90 Å². The predicted molar refractivity (Wildman–Crippen MR) is 104 cm³/mol. The van der Waals surface area contributed by atoms with E-state index in [1.165, 1.54) is 12.1 Å². The molecule has 7 heteroatoms. The summed E-state index contributed by atoms with van der Waals surface area (Å²) in [5, 5.41) is 0. The van der Waals surface area contributed by atoms with E-state index in [-0.39, 0.29) is 23.4 Å². The third-order valence-corrected chi connectivity index (χ3v) is 6.37. The Morgan fingerprint density at radius 3 is 2.74 bits per heavy atom. The molecule has 1 aromatic heterocycles. The normalized spacial score (nSPS) is 17.7. The summed E-state index contributed by atoms with van der Waals surface area (Å²) in [6, 6.07) is 10.0. The Labute approximate surface area is 160 Å². The van der Waals surface area contributed by atoms with Gasteiger partial charge in [-0.15, -0.1) is 0 Å². The first kappa shape index (κ1) is 19.5. The van der Waals surface area contributed by atoms with Gasteiger partial charge < -0.3 is 4.90 Å². The van der Waals surface area contributed by atoms with Crippen molar-refractivity contribution in [1.29, 1.82) is 0 Å². The molecule has 3 rings (SSSR count). The van der Waals surface area contributed by atoms with Crippen LogP contribution >= 0.6 is 0 Å². The van der Waals surface area contributed by atoms with E-state index < -0.39 is 10.0 Å². The quantitative estimate of drug-likeness (QED) is 0.826. The van der Waals surface area contributed by atoms with Crippen LogP contribution in [0.3, 0.4) is 0 Å². The van der Waals surface area contributed by atoms with E-state index in [4.69, 9.17) is 0 Å². The Morgan fingerprint density at radius 1 is 1.22 bits per heavy atom. The van der Waals surface area contributed by atoms with Crippen LogP contribution in [0.4, 0.5) is 0 Å². The van der Waals surface area contributed by atoms with Gasteiger partial charge >= 0.3 is 0 Å². The largest absolute Gasteiger partial charge is 0.336 e. The molecule has 1 atom stereocenters. The number of carbonyl (C=O) groups is 1. The molecule has 0 spiro atoms. The van der Waals surface area contributed by atoms with Crippen molar-refractivity contribution in [2.24, 2.45) is 0 Å². The highest BCUT2D eigenvalue weighted by Crippen LogP contribution is 2.23. The van der Waals surface area contributed by atoms with E-state index in [0.717, 1.165) is 37.8 Å². The molecule has 1 fully saturated rings. The van der Waals surface area contributed by atoms with E-state index in [2.05, 4.69) is 16.6 Å². The lowest BCUT2D eigenvalue weighted by molar-refractivity contribution is 0.0608. The number of sulfonamides is 1. The molecule has 144 valence electrons. The zero-order valence-corrected chi connectivity index (χ0v) is 16.3. The second-order valence-corrected chi connectivity index (χ2v) is 8.53. The second kappa shape index (κ2) is 8.63. The minimum atomic E-state index is -3.71. The molecule has 0 radical (unpaired) electrons. The predicted octanol–water partition coefficient (Wildman–Crippen LogP) is 2.96. The number of nitrogens with zero attached hydrogens (tertiary/aromatic N) is 2. The lowest BCUT2D eigenvalue weighted by atomic mass is 9.99. The Kier molecular flexibility index (Phi) is 6.23. The SMILES string of the molecule is CCC1CCCCN1C(=O)c1cccc(S(=O)(=O)NCc2ccncc2)c1. The summed E-state index contributed by atoms with van der Waals surface area (Å²) < 4.78 is 27.8. The Hall–Kier alpha value is -2.25. The summed E-state index contributed by atoms with van der Waals surface area (Å²) in [6.45, 7) is 2.99. The number of hydrogen-bond acceptors (Lipinski definition) is 4. The third-order valence-electron chi connectivity index (χ3n) is 4.97. The fourth-order valence-electron chi connectivity index (χ4n) is 3.42. The van der Waals surface area contributed by atoms with Crippen LogP contribution in [-0.2, 0) is 16.6 Å². The summed E-state index contributed by atoms with van der Waals surface area (Å²) in [7, 11) is -3.71. The molecule has 2 aromatic rings. The van der Waals surface area contributed by atoms with Crippen molar-refractivity contribution in [1.82, 2.24) is 14.6 Å². The van der Waals surface area contributed by atoms with Gasteiger partial charge in [0.25, 0.3) is 5.91 Å². The van der Waals surface area contributed by atoms with Crippen molar-refractivity contribution in [3.63, 3.8) is 0 Å². The van der Waals surface area contributed by atoms with Gasteiger partial charge in [0.2, 0.25) is 10.0 Å². The number of benzene rings is 1. The lowest BCUT2D eigenvalue weighted by Gasteiger charge is -2.35. The first-order chi connectivity index (χ1) is 13.0. The van der Waals surface area contributed by atoms with Crippen molar-refractivity contribution in [2.45, 2.75) is 50.1 Å². The molecular weight excluding hydrogens is 362 g/mol. The topological polar surface area (TPSA) is 79.4 Å². The smallest absolute Gasteiger partial charge is 0.254 e. The molecule has 1 aromatic carbocycles. The van der Waals surface area contributed by atoms with Crippen LogP contribution in [0.25, 0.3) is 0 Å². The summed E-state index contributed by atoms with van der Waals surface area (Å²) in [5.74, 6) is -0.0901. The molecule has 2 heterocycles. The van der Waals surface area contributed by atoms with Crippen LogP contribution in [0.15, 0.2) is 53.7 Å². The van der Waals surface area contributed by atoms with Crippen LogP contribution in [0.5, 0.6) is 0 Å². The first-order valence-electron chi connectivity index (χ1n) is 9.31. The second-order valence-electron chi connectivity index (χ2n) is 6.76. The van der Waals surface area contributed by atoms with Gasteiger partial charge in [0.1, 0.15) is 0 Å². The number of aromatic nitrogens is 1. The number of amides is 1. The van der Waals surface area contributed by atoms with Gasteiger partial charge in [-0.05, 0) is 61.6 Å². The lowest BCUT2D eigenvalue weighted by Crippen LogP contribution is -2.43. The van der Waals surface area contributed by atoms with E-state index >= 15 is 0 Å². The monoisotopic (exact) mass is 387 g/mol. The number of carbonyl (C=O) groups excluding carboxylic acids is 1. The van der Waals surface area contributed by atoms with Crippen LogP contribution < -0.4 is 4.72 Å². The number of rotatable bonds is 6. The number of piperidine rings is 1. The molecule has 1 amide bonds. The standard InChI is InChI=1S/C20H25N3O3S/c1-2-18-7-3-4-13-23(18)20(24)17-6-5-8-19(14-17)27(25,26)22-15-16-9-11-21-12-10-16/h5-6,8-12,14,18,22H,2-4,7,13,15H2,1H3. The van der Waals surface area contributed by atoms with Gasteiger partial charge in [0.15, 0.2) is 0 Å². The van der Waals surface area contributed by atoms with Gasteiger partial charge in [-0.25, -0.2) is 13.1 Å². The minimum absolute atomic E-state index is 0.0901. The molecule has 6 nitrogen and oxygen atoms in total. The molecule has 1 unspecified atom stereocenters. The van der Waals surface area contributed by atoms with Crippen molar-refractivity contribution in [3.05, 3.63) is 59.9 Å². The molecule has 27 heavy (non-hydrogen) atoms. The van der Waals surface area contributed by atoms with Crippen LogP contribution in [0, 0.1) is 0 Å². The van der Waals surface area contributed by atoms with E-state index in [1.54, 1.807) is 36.7 Å². The maximum Gasteiger partial charge on any atom is 0.254 e.